The zero-order valence-corrected chi connectivity index (χ0v) is 11.1. The number of hydrogen-bond acceptors (Lipinski definition) is 5. The van der Waals surface area contributed by atoms with Gasteiger partial charge in [-0.05, 0) is 19.8 Å². The quantitative estimate of drug-likeness (QED) is 0.731. The average Bonchev–Trinajstić information content (AvgIpc) is 2.84. The van der Waals surface area contributed by atoms with Crippen LogP contribution in [-0.4, -0.2) is 32.8 Å². The van der Waals surface area contributed by atoms with Crippen molar-refractivity contribution in [2.45, 2.75) is 39.7 Å². The Labute approximate surface area is 107 Å². The van der Waals surface area contributed by atoms with Crippen LogP contribution in [0, 0.1) is 0 Å². The maximum atomic E-state index is 4.51. The number of aromatic nitrogens is 4. The molecule has 0 bridgehead atoms. The van der Waals surface area contributed by atoms with Crippen LogP contribution in [0.2, 0.25) is 0 Å². The zero-order valence-electron chi connectivity index (χ0n) is 11.1. The summed E-state index contributed by atoms with van der Waals surface area (Å²) in [5.41, 5.74) is 0.759. The van der Waals surface area contributed by atoms with Crippen LogP contribution < -0.4 is 10.6 Å². The minimum atomic E-state index is 0.424. The van der Waals surface area contributed by atoms with Crippen LogP contribution in [0.25, 0.3) is 11.0 Å². The fraction of sp³-hybridized carbons (Fsp3) is 0.583. The van der Waals surface area contributed by atoms with Crippen LogP contribution in [0.1, 0.15) is 33.6 Å². The van der Waals surface area contributed by atoms with Gasteiger partial charge in [0.05, 0.1) is 11.6 Å². The van der Waals surface area contributed by atoms with Crippen LogP contribution in [0.15, 0.2) is 6.20 Å². The Hall–Kier alpha value is -1.85. The molecule has 2 aromatic rings. The first kappa shape index (κ1) is 12.6. The lowest BCUT2D eigenvalue weighted by Crippen LogP contribution is -2.18. The van der Waals surface area contributed by atoms with E-state index in [4.69, 9.17) is 0 Å². The van der Waals surface area contributed by atoms with E-state index in [-0.39, 0.29) is 0 Å². The molecular weight excluding hydrogens is 228 g/mol. The molecule has 0 radical (unpaired) electrons. The molecule has 3 N–H and O–H groups in total. The molecule has 6 nitrogen and oxygen atoms in total. The Morgan fingerprint density at radius 2 is 2.00 bits per heavy atom. The highest BCUT2D eigenvalue weighted by molar-refractivity contribution is 5.87. The maximum Gasteiger partial charge on any atom is 0.226 e. The first-order chi connectivity index (χ1) is 8.78. The lowest BCUT2D eigenvalue weighted by molar-refractivity contribution is 0.669. The summed E-state index contributed by atoms with van der Waals surface area (Å²) in [6.07, 6.45) is 3.89. The second-order valence-corrected chi connectivity index (χ2v) is 4.22. The Bertz CT molecular complexity index is 502. The third-order valence-corrected chi connectivity index (χ3v) is 2.97. The predicted molar refractivity (Wildman–Crippen MR) is 73.8 cm³/mol. The van der Waals surface area contributed by atoms with Gasteiger partial charge < -0.3 is 10.6 Å². The molecule has 18 heavy (non-hydrogen) atoms. The van der Waals surface area contributed by atoms with Gasteiger partial charge in [-0.3, -0.25) is 5.10 Å². The summed E-state index contributed by atoms with van der Waals surface area (Å²) in [7, 11) is 0. The lowest BCUT2D eigenvalue weighted by Gasteiger charge is -2.16. The van der Waals surface area contributed by atoms with E-state index in [0.717, 1.165) is 36.2 Å². The molecule has 0 saturated heterocycles. The van der Waals surface area contributed by atoms with Gasteiger partial charge in [-0.25, -0.2) is 0 Å². The van der Waals surface area contributed by atoms with Crippen molar-refractivity contribution in [3.8, 4) is 0 Å². The number of hydrogen-bond donors (Lipinski definition) is 3. The molecule has 0 aliphatic carbocycles. The molecule has 0 unspecified atom stereocenters. The number of anilines is 2. The Kier molecular flexibility index (Phi) is 3.96. The fourth-order valence-electron chi connectivity index (χ4n) is 1.87. The topological polar surface area (TPSA) is 78.5 Å². The SMILES string of the molecule is CCNc1nc(NC(CC)CC)c2cn[nH]c2n1. The number of rotatable bonds is 6. The molecule has 0 aromatic carbocycles. The molecule has 0 saturated carbocycles. The smallest absolute Gasteiger partial charge is 0.226 e. The number of nitrogens with zero attached hydrogens (tertiary/aromatic N) is 3. The van der Waals surface area contributed by atoms with Gasteiger partial charge >= 0.3 is 0 Å². The first-order valence-corrected chi connectivity index (χ1v) is 6.49. The van der Waals surface area contributed by atoms with Crippen molar-refractivity contribution in [3.63, 3.8) is 0 Å². The van der Waals surface area contributed by atoms with E-state index >= 15 is 0 Å². The summed E-state index contributed by atoms with van der Waals surface area (Å²) in [5, 5.41) is 14.4. The molecule has 0 atom stereocenters. The summed E-state index contributed by atoms with van der Waals surface area (Å²) in [6, 6.07) is 0.424. The van der Waals surface area contributed by atoms with E-state index in [0.29, 0.717) is 12.0 Å². The third-order valence-electron chi connectivity index (χ3n) is 2.97. The normalized spacial score (nSPS) is 11.1. The number of fused-ring (bicyclic) bond motifs is 1. The van der Waals surface area contributed by atoms with E-state index in [1.165, 1.54) is 0 Å². The summed E-state index contributed by atoms with van der Waals surface area (Å²) in [5.74, 6) is 1.47. The second-order valence-electron chi connectivity index (χ2n) is 4.22. The first-order valence-electron chi connectivity index (χ1n) is 6.49. The fourth-order valence-corrected chi connectivity index (χ4v) is 1.87. The van der Waals surface area contributed by atoms with Crippen LogP contribution in [0.4, 0.5) is 11.8 Å². The van der Waals surface area contributed by atoms with Crippen molar-refractivity contribution in [1.82, 2.24) is 20.2 Å². The molecule has 98 valence electrons. The van der Waals surface area contributed by atoms with Crippen LogP contribution in [0.5, 0.6) is 0 Å². The monoisotopic (exact) mass is 248 g/mol. The van der Waals surface area contributed by atoms with Crippen molar-refractivity contribution in [3.05, 3.63) is 6.20 Å². The van der Waals surface area contributed by atoms with Crippen LogP contribution >= 0.6 is 0 Å². The highest BCUT2D eigenvalue weighted by atomic mass is 15.2. The van der Waals surface area contributed by atoms with E-state index < -0.39 is 0 Å². The van der Waals surface area contributed by atoms with Crippen molar-refractivity contribution >= 4 is 22.8 Å². The molecule has 2 aromatic heterocycles. The zero-order chi connectivity index (χ0) is 13.0. The van der Waals surface area contributed by atoms with Gasteiger partial charge in [0.15, 0.2) is 5.65 Å². The molecule has 0 amide bonds. The summed E-state index contributed by atoms with van der Waals surface area (Å²) < 4.78 is 0. The number of nitrogens with one attached hydrogen (secondary N) is 3. The predicted octanol–water partition coefficient (Wildman–Crippen LogP) is 2.39. The molecule has 0 aliphatic heterocycles. The van der Waals surface area contributed by atoms with Crippen LogP contribution in [-0.2, 0) is 0 Å². The minimum Gasteiger partial charge on any atom is -0.367 e. The highest BCUT2D eigenvalue weighted by Gasteiger charge is 2.11. The Morgan fingerprint density at radius 1 is 1.22 bits per heavy atom. The molecule has 0 aliphatic rings. The second kappa shape index (κ2) is 5.66. The Balaban J connectivity index is 2.36. The number of H-pyrrole nitrogens is 1. The van der Waals surface area contributed by atoms with Gasteiger partial charge in [-0.2, -0.15) is 15.1 Å². The molecular formula is C12H20N6. The third kappa shape index (κ3) is 2.52. The van der Waals surface area contributed by atoms with Gasteiger partial charge in [-0.15, -0.1) is 0 Å². The largest absolute Gasteiger partial charge is 0.367 e. The van der Waals surface area contributed by atoms with Crippen LogP contribution in [0.3, 0.4) is 0 Å². The average molecular weight is 248 g/mol. The van der Waals surface area contributed by atoms with Crippen molar-refractivity contribution < 1.29 is 0 Å². The molecule has 2 rings (SSSR count). The van der Waals surface area contributed by atoms with Gasteiger partial charge in [0.1, 0.15) is 5.82 Å². The van der Waals surface area contributed by atoms with Crippen molar-refractivity contribution in [2.24, 2.45) is 0 Å². The molecule has 2 heterocycles. The molecule has 0 fully saturated rings. The highest BCUT2D eigenvalue weighted by Crippen LogP contribution is 2.21. The van der Waals surface area contributed by atoms with Gasteiger partial charge in [0.2, 0.25) is 5.95 Å². The summed E-state index contributed by atoms with van der Waals surface area (Å²) >= 11 is 0. The van der Waals surface area contributed by atoms with Gasteiger partial charge in [-0.1, -0.05) is 13.8 Å². The van der Waals surface area contributed by atoms with E-state index in [9.17, 15) is 0 Å². The lowest BCUT2D eigenvalue weighted by atomic mass is 10.2. The summed E-state index contributed by atoms with van der Waals surface area (Å²) in [6.45, 7) is 7.15. The summed E-state index contributed by atoms with van der Waals surface area (Å²) in [4.78, 5) is 8.87. The van der Waals surface area contributed by atoms with Crippen molar-refractivity contribution in [2.75, 3.05) is 17.2 Å². The van der Waals surface area contributed by atoms with Crippen molar-refractivity contribution in [1.29, 1.82) is 0 Å². The minimum absolute atomic E-state index is 0.424. The van der Waals surface area contributed by atoms with Gasteiger partial charge in [0.25, 0.3) is 0 Å². The molecule has 0 spiro atoms. The Morgan fingerprint density at radius 3 is 2.67 bits per heavy atom. The number of aromatic amines is 1. The van der Waals surface area contributed by atoms with E-state index in [1.807, 2.05) is 6.92 Å². The molecule has 6 heteroatoms. The maximum absolute atomic E-state index is 4.51. The van der Waals surface area contributed by atoms with E-state index in [2.05, 4.69) is 44.6 Å². The van der Waals surface area contributed by atoms with E-state index in [1.54, 1.807) is 6.20 Å². The van der Waals surface area contributed by atoms with Gasteiger partial charge in [0, 0.05) is 12.6 Å². The standard InChI is InChI=1S/C12H20N6/c1-4-8(5-2)15-10-9-7-14-18-11(9)17-12(16-10)13-6-3/h7-8H,4-6H2,1-3H3,(H3,13,14,15,16,17,18).